The van der Waals surface area contributed by atoms with E-state index in [2.05, 4.69) is 25.9 Å². The molecule has 4 aromatic rings. The molecule has 40 heavy (non-hydrogen) atoms. The highest BCUT2D eigenvalue weighted by Crippen LogP contribution is 2.21. The topological polar surface area (TPSA) is 135 Å². The highest BCUT2D eigenvalue weighted by Gasteiger charge is 2.19. The highest BCUT2D eigenvalue weighted by atomic mass is 19.1. The average molecular weight is 543 g/mol. The van der Waals surface area contributed by atoms with Gasteiger partial charge in [0.2, 0.25) is 5.91 Å². The van der Waals surface area contributed by atoms with Crippen LogP contribution in [0.25, 0.3) is 11.3 Å². The molecule has 2 amide bonds. The third kappa shape index (κ3) is 6.16. The summed E-state index contributed by atoms with van der Waals surface area (Å²) in [7, 11) is 3.13. The first-order valence-electron chi connectivity index (χ1n) is 12.4. The molecule has 0 fully saturated rings. The predicted molar refractivity (Wildman–Crippen MR) is 148 cm³/mol. The lowest BCUT2D eigenvalue weighted by atomic mass is 10.0. The number of benzene rings is 2. The maximum Gasteiger partial charge on any atom is 0.294 e. The van der Waals surface area contributed by atoms with Gasteiger partial charge in [-0.2, -0.15) is 0 Å². The zero-order valence-electron chi connectivity index (χ0n) is 22.1. The molecule has 0 bridgehead atoms. The van der Waals surface area contributed by atoms with Crippen LogP contribution in [-0.4, -0.2) is 52.3 Å². The van der Waals surface area contributed by atoms with Gasteiger partial charge in [0.05, 0.1) is 24.5 Å². The van der Waals surface area contributed by atoms with E-state index in [0.717, 1.165) is 0 Å². The number of rotatable bonds is 9. The molecule has 1 atom stereocenters. The molecule has 0 saturated heterocycles. The van der Waals surface area contributed by atoms with Crippen molar-refractivity contribution in [3.63, 3.8) is 0 Å². The fourth-order valence-electron chi connectivity index (χ4n) is 3.93. The molecule has 0 saturated carbocycles. The molecule has 0 aliphatic rings. The van der Waals surface area contributed by atoms with Crippen molar-refractivity contribution in [2.45, 2.75) is 19.5 Å². The summed E-state index contributed by atoms with van der Waals surface area (Å²) in [6.07, 6.45) is 4.34. The standard InChI is InChI=1S/C29H27FN6O4/c1-17(31-2)27(38)35-26-29(40)36(24(15-34-26)20-5-4-6-21(12-20)28(39)32-3)16-18-11-22(14-33-13-18)25(37)19-7-9-23(30)10-8-19/h4-15,17,31H,16H2,1-3H3,(H,32,39)(H,34,35,38)/t17-/m0/s1. The van der Waals surface area contributed by atoms with Gasteiger partial charge in [-0.1, -0.05) is 12.1 Å². The number of nitrogens with zero attached hydrogens (tertiary/aromatic N) is 3. The molecule has 0 spiro atoms. The molecule has 204 valence electrons. The number of hydrogen-bond acceptors (Lipinski definition) is 7. The van der Waals surface area contributed by atoms with Crippen molar-refractivity contribution >= 4 is 23.4 Å². The Morgan fingerprint density at radius 3 is 2.40 bits per heavy atom. The minimum absolute atomic E-state index is 0.0249. The van der Waals surface area contributed by atoms with Crippen LogP contribution < -0.4 is 21.5 Å². The third-order valence-corrected chi connectivity index (χ3v) is 6.27. The Labute approximate surface area is 229 Å². The van der Waals surface area contributed by atoms with Crippen molar-refractivity contribution in [1.29, 1.82) is 0 Å². The van der Waals surface area contributed by atoms with Crippen LogP contribution in [-0.2, 0) is 11.3 Å². The quantitative estimate of drug-likeness (QED) is 0.277. The molecule has 10 nitrogen and oxygen atoms in total. The van der Waals surface area contributed by atoms with Gasteiger partial charge < -0.3 is 16.0 Å². The van der Waals surface area contributed by atoms with Crippen molar-refractivity contribution in [3.8, 4) is 11.3 Å². The van der Waals surface area contributed by atoms with Crippen molar-refractivity contribution in [1.82, 2.24) is 25.2 Å². The lowest BCUT2D eigenvalue weighted by Gasteiger charge is -2.16. The molecule has 2 aromatic carbocycles. The Balaban J connectivity index is 1.78. The number of pyridine rings is 1. The maximum absolute atomic E-state index is 13.6. The number of nitrogens with one attached hydrogen (secondary N) is 3. The molecule has 0 aliphatic heterocycles. The summed E-state index contributed by atoms with van der Waals surface area (Å²) in [6, 6.07) is 12.9. The minimum atomic E-state index is -0.588. The zero-order valence-corrected chi connectivity index (χ0v) is 22.1. The Morgan fingerprint density at radius 1 is 0.950 bits per heavy atom. The van der Waals surface area contributed by atoms with Crippen LogP contribution in [0.15, 0.2) is 78.0 Å². The van der Waals surface area contributed by atoms with Gasteiger partial charge in [-0.25, -0.2) is 9.37 Å². The summed E-state index contributed by atoms with van der Waals surface area (Å²) in [6.45, 7) is 1.62. The van der Waals surface area contributed by atoms with Crippen LogP contribution >= 0.6 is 0 Å². The van der Waals surface area contributed by atoms with Gasteiger partial charge in [0.25, 0.3) is 11.5 Å². The fourth-order valence-corrected chi connectivity index (χ4v) is 3.93. The van der Waals surface area contributed by atoms with Crippen molar-refractivity contribution < 1.29 is 18.8 Å². The second-order valence-electron chi connectivity index (χ2n) is 8.96. The smallest absolute Gasteiger partial charge is 0.294 e. The van der Waals surface area contributed by atoms with E-state index in [4.69, 9.17) is 0 Å². The molecule has 4 rings (SSSR count). The van der Waals surface area contributed by atoms with Gasteiger partial charge >= 0.3 is 0 Å². The van der Waals surface area contributed by atoms with Crippen LogP contribution in [0.1, 0.15) is 38.8 Å². The summed E-state index contributed by atoms with van der Waals surface area (Å²) in [4.78, 5) is 59.7. The Hall–Kier alpha value is -5.03. The molecule has 11 heteroatoms. The SMILES string of the molecule is CNC(=O)c1cccc(-c2cnc(NC(=O)[C@H](C)NC)c(=O)n2Cc2cncc(C(=O)c3ccc(F)cc3)c2)c1. The normalized spacial score (nSPS) is 11.5. The number of amides is 2. The van der Waals surface area contributed by atoms with E-state index in [1.165, 1.54) is 54.5 Å². The molecular weight excluding hydrogens is 515 g/mol. The molecular formula is C29H27FN6O4. The Bertz CT molecular complexity index is 1630. The van der Waals surface area contributed by atoms with Gasteiger partial charge in [-0.3, -0.25) is 28.7 Å². The van der Waals surface area contributed by atoms with Gasteiger partial charge in [-0.15, -0.1) is 0 Å². The summed E-state index contributed by atoms with van der Waals surface area (Å²) < 4.78 is 14.7. The van der Waals surface area contributed by atoms with Crippen LogP contribution in [0.3, 0.4) is 0 Å². The van der Waals surface area contributed by atoms with Gasteiger partial charge in [0.15, 0.2) is 11.6 Å². The van der Waals surface area contributed by atoms with Gasteiger partial charge in [0.1, 0.15) is 5.82 Å². The Morgan fingerprint density at radius 2 is 1.70 bits per heavy atom. The third-order valence-electron chi connectivity index (χ3n) is 6.27. The van der Waals surface area contributed by atoms with Crippen LogP contribution in [0.4, 0.5) is 10.2 Å². The van der Waals surface area contributed by atoms with Crippen LogP contribution in [0.2, 0.25) is 0 Å². The predicted octanol–water partition coefficient (Wildman–Crippen LogP) is 2.63. The molecule has 2 aromatic heterocycles. The number of hydrogen-bond donors (Lipinski definition) is 3. The number of carbonyl (C=O) groups is 3. The minimum Gasteiger partial charge on any atom is -0.355 e. The number of aromatic nitrogens is 3. The summed E-state index contributed by atoms with van der Waals surface area (Å²) in [5.74, 6) is -1.74. The summed E-state index contributed by atoms with van der Waals surface area (Å²) in [5, 5.41) is 7.92. The van der Waals surface area contributed by atoms with Crippen molar-refractivity contribution in [2.24, 2.45) is 0 Å². The highest BCUT2D eigenvalue weighted by molar-refractivity contribution is 6.08. The number of anilines is 1. The molecule has 2 heterocycles. The second-order valence-corrected chi connectivity index (χ2v) is 8.96. The molecule has 0 radical (unpaired) electrons. The van der Waals surface area contributed by atoms with Crippen LogP contribution in [0.5, 0.6) is 0 Å². The lowest BCUT2D eigenvalue weighted by molar-refractivity contribution is -0.117. The lowest BCUT2D eigenvalue weighted by Crippen LogP contribution is -2.38. The first-order valence-corrected chi connectivity index (χ1v) is 12.4. The van der Waals surface area contributed by atoms with Crippen molar-refractivity contribution in [2.75, 3.05) is 19.4 Å². The van der Waals surface area contributed by atoms with Crippen molar-refractivity contribution in [3.05, 3.63) is 112 Å². The molecule has 0 unspecified atom stereocenters. The number of carbonyl (C=O) groups excluding carboxylic acids is 3. The van der Waals surface area contributed by atoms with Gasteiger partial charge in [-0.05, 0) is 62.0 Å². The zero-order chi connectivity index (χ0) is 28.8. The average Bonchev–Trinajstić information content (AvgIpc) is 2.98. The number of ketones is 1. The summed E-state index contributed by atoms with van der Waals surface area (Å²) >= 11 is 0. The molecule has 0 aliphatic carbocycles. The largest absolute Gasteiger partial charge is 0.355 e. The van der Waals surface area contributed by atoms with E-state index in [1.54, 1.807) is 44.3 Å². The van der Waals surface area contributed by atoms with E-state index in [-0.39, 0.29) is 35.2 Å². The van der Waals surface area contributed by atoms with Crippen LogP contribution in [0, 0.1) is 5.82 Å². The van der Waals surface area contributed by atoms with E-state index in [9.17, 15) is 23.6 Å². The number of halogens is 1. The Kier molecular flexibility index (Phi) is 8.55. The second kappa shape index (κ2) is 12.2. The van der Waals surface area contributed by atoms with E-state index < -0.39 is 23.3 Å². The van der Waals surface area contributed by atoms with E-state index in [0.29, 0.717) is 22.4 Å². The molecule has 3 N–H and O–H groups in total. The first-order chi connectivity index (χ1) is 19.2. The number of likely N-dealkylation sites (N-methyl/N-ethyl adjacent to an activating group) is 1. The van der Waals surface area contributed by atoms with Gasteiger partial charge in [0, 0.05) is 41.7 Å². The monoisotopic (exact) mass is 542 g/mol. The summed E-state index contributed by atoms with van der Waals surface area (Å²) in [5.41, 5.74) is 1.78. The fraction of sp³-hybridized carbons (Fsp3) is 0.172. The van der Waals surface area contributed by atoms with E-state index in [1.807, 2.05) is 0 Å². The van der Waals surface area contributed by atoms with E-state index >= 15 is 0 Å². The first kappa shape index (κ1) is 28.0. The maximum atomic E-state index is 13.6.